The third-order valence-electron chi connectivity index (χ3n) is 5.08. The number of halogens is 3. The molecule has 2 heterocycles. The van der Waals surface area contributed by atoms with Crippen LogP contribution in [0.3, 0.4) is 0 Å². The lowest BCUT2D eigenvalue weighted by atomic mass is 10.1. The molecule has 2 aromatic carbocycles. The number of alkyl halides is 3. The molecule has 4 aromatic rings. The van der Waals surface area contributed by atoms with Gasteiger partial charge in [0.15, 0.2) is 0 Å². The number of carboxylic acid groups (broad SMARTS) is 1. The van der Waals surface area contributed by atoms with Crippen molar-refractivity contribution in [3.63, 3.8) is 0 Å². The van der Waals surface area contributed by atoms with Crippen molar-refractivity contribution in [2.45, 2.75) is 37.2 Å². The number of hydrogen-bond acceptors (Lipinski definition) is 4. The molecular weight excluding hydrogens is 457 g/mol. The Hall–Kier alpha value is -2.78. The topological polar surface area (TPSA) is 55.1 Å². The fourth-order valence-electron chi connectivity index (χ4n) is 3.46. The summed E-state index contributed by atoms with van der Waals surface area (Å²) in [6.07, 6.45) is -2.51. The average molecular weight is 477 g/mol. The van der Waals surface area contributed by atoms with Gasteiger partial charge in [0.25, 0.3) is 0 Å². The zero-order chi connectivity index (χ0) is 23.0. The van der Waals surface area contributed by atoms with Crippen LogP contribution in [0.1, 0.15) is 21.7 Å². The monoisotopic (exact) mass is 476 g/mol. The molecule has 0 aliphatic carbocycles. The van der Waals surface area contributed by atoms with Crippen LogP contribution in [0.25, 0.3) is 21.5 Å². The molecule has 166 valence electrons. The highest BCUT2D eigenvalue weighted by Crippen LogP contribution is 2.36. The predicted octanol–water partition coefficient (Wildman–Crippen LogP) is 6.78. The molecule has 1 N–H and O–H groups in total. The standard InChI is InChI=1S/C23H19F3N2O2S2/c1-13-10-28(11-21(29)30)19-8-7-17(9-18(13)19)31-12-20-14(2)27-22(32-20)15-3-5-16(6-4-15)23(24,25)26/h3-10H,11-12H2,1-2H3,(H,29,30). The Morgan fingerprint density at radius 2 is 1.88 bits per heavy atom. The van der Waals surface area contributed by atoms with E-state index in [0.29, 0.717) is 16.3 Å². The summed E-state index contributed by atoms with van der Waals surface area (Å²) in [6, 6.07) is 11.0. The van der Waals surface area contributed by atoms with Crippen LogP contribution in [0.2, 0.25) is 0 Å². The second-order valence-electron chi connectivity index (χ2n) is 7.40. The van der Waals surface area contributed by atoms with Gasteiger partial charge in [0.05, 0.1) is 11.3 Å². The lowest BCUT2D eigenvalue weighted by Crippen LogP contribution is -2.07. The first-order chi connectivity index (χ1) is 15.1. The van der Waals surface area contributed by atoms with E-state index in [0.717, 1.165) is 44.1 Å². The van der Waals surface area contributed by atoms with E-state index in [9.17, 15) is 18.0 Å². The molecule has 0 saturated carbocycles. The van der Waals surface area contributed by atoms with Crippen LogP contribution in [-0.2, 0) is 23.3 Å². The minimum atomic E-state index is -4.35. The van der Waals surface area contributed by atoms with Crippen molar-refractivity contribution in [3.8, 4) is 10.6 Å². The molecule has 0 amide bonds. The van der Waals surface area contributed by atoms with Crippen molar-refractivity contribution in [2.24, 2.45) is 0 Å². The molecule has 0 radical (unpaired) electrons. The molecule has 0 atom stereocenters. The second-order valence-corrected chi connectivity index (χ2v) is 9.54. The lowest BCUT2D eigenvalue weighted by Gasteiger charge is -2.06. The molecule has 4 nitrogen and oxygen atoms in total. The molecule has 32 heavy (non-hydrogen) atoms. The van der Waals surface area contributed by atoms with Crippen molar-refractivity contribution in [2.75, 3.05) is 0 Å². The van der Waals surface area contributed by atoms with Gasteiger partial charge < -0.3 is 9.67 Å². The average Bonchev–Trinajstić information content (AvgIpc) is 3.25. The molecular formula is C23H19F3N2O2S2. The van der Waals surface area contributed by atoms with Crippen molar-refractivity contribution >= 4 is 40.0 Å². The molecule has 0 unspecified atom stereocenters. The van der Waals surface area contributed by atoms with E-state index in [-0.39, 0.29) is 6.54 Å². The maximum absolute atomic E-state index is 12.8. The van der Waals surface area contributed by atoms with Crippen LogP contribution >= 0.6 is 23.1 Å². The number of aryl methyl sites for hydroxylation is 2. The highest BCUT2D eigenvalue weighted by atomic mass is 32.2. The number of hydrogen-bond donors (Lipinski definition) is 1. The number of carboxylic acids is 1. The maximum atomic E-state index is 12.8. The van der Waals surface area contributed by atoms with E-state index >= 15 is 0 Å². The third kappa shape index (κ3) is 4.68. The van der Waals surface area contributed by atoms with Gasteiger partial charge in [-0.25, -0.2) is 4.98 Å². The van der Waals surface area contributed by atoms with Crippen molar-refractivity contribution < 1.29 is 23.1 Å². The number of benzene rings is 2. The van der Waals surface area contributed by atoms with Gasteiger partial charge in [-0.05, 0) is 49.7 Å². The zero-order valence-electron chi connectivity index (χ0n) is 17.2. The van der Waals surface area contributed by atoms with Crippen molar-refractivity contribution in [1.29, 1.82) is 0 Å². The number of aliphatic carboxylic acids is 1. The first kappa shape index (κ1) is 22.4. The van der Waals surface area contributed by atoms with Gasteiger partial charge in [0, 0.05) is 38.2 Å². The normalized spacial score (nSPS) is 11.9. The van der Waals surface area contributed by atoms with Crippen LogP contribution in [0.15, 0.2) is 53.6 Å². The van der Waals surface area contributed by atoms with Crippen LogP contribution < -0.4 is 0 Å². The predicted molar refractivity (Wildman–Crippen MR) is 121 cm³/mol. The first-order valence-corrected chi connectivity index (χ1v) is 11.5. The molecule has 0 fully saturated rings. The molecule has 0 aliphatic rings. The summed E-state index contributed by atoms with van der Waals surface area (Å²) in [6.45, 7) is 3.78. The first-order valence-electron chi connectivity index (χ1n) is 9.70. The molecule has 4 rings (SSSR count). The highest BCUT2D eigenvalue weighted by Gasteiger charge is 2.30. The quantitative estimate of drug-likeness (QED) is 0.312. The number of rotatable bonds is 6. The smallest absolute Gasteiger partial charge is 0.416 e. The van der Waals surface area contributed by atoms with Gasteiger partial charge in [-0.15, -0.1) is 23.1 Å². The summed E-state index contributed by atoms with van der Waals surface area (Å²) in [7, 11) is 0. The number of aromatic nitrogens is 2. The van der Waals surface area contributed by atoms with Crippen LogP contribution in [0.5, 0.6) is 0 Å². The third-order valence-corrected chi connectivity index (χ3v) is 7.49. The van der Waals surface area contributed by atoms with E-state index < -0.39 is 17.7 Å². The number of carbonyl (C=O) groups is 1. The zero-order valence-corrected chi connectivity index (χ0v) is 18.9. The Bertz CT molecular complexity index is 1290. The number of nitrogens with zero attached hydrogens (tertiary/aromatic N) is 2. The van der Waals surface area contributed by atoms with E-state index in [2.05, 4.69) is 11.1 Å². The van der Waals surface area contributed by atoms with Crippen LogP contribution in [0, 0.1) is 13.8 Å². The minimum Gasteiger partial charge on any atom is -0.480 e. The summed E-state index contributed by atoms with van der Waals surface area (Å²) in [5.41, 5.74) is 2.75. The molecule has 9 heteroatoms. The number of thioether (sulfide) groups is 1. The Morgan fingerprint density at radius 1 is 1.16 bits per heavy atom. The van der Waals surface area contributed by atoms with E-state index in [1.165, 1.54) is 23.5 Å². The van der Waals surface area contributed by atoms with Crippen molar-refractivity contribution in [1.82, 2.24) is 9.55 Å². The Kier molecular flexibility index (Phi) is 6.05. The number of fused-ring (bicyclic) bond motifs is 1. The van der Waals surface area contributed by atoms with Gasteiger partial charge in [-0.3, -0.25) is 4.79 Å². The van der Waals surface area contributed by atoms with Crippen molar-refractivity contribution in [3.05, 3.63) is 70.4 Å². The van der Waals surface area contributed by atoms with Crippen LogP contribution in [-0.4, -0.2) is 20.6 Å². The molecule has 0 aliphatic heterocycles. The molecule has 0 saturated heterocycles. The highest BCUT2D eigenvalue weighted by molar-refractivity contribution is 7.98. The van der Waals surface area contributed by atoms with Gasteiger partial charge >= 0.3 is 12.1 Å². The minimum absolute atomic E-state index is 0.0797. The Labute approximate surface area is 190 Å². The van der Waals surface area contributed by atoms with E-state index in [1.54, 1.807) is 16.3 Å². The van der Waals surface area contributed by atoms with Crippen LogP contribution in [0.4, 0.5) is 13.2 Å². The SMILES string of the molecule is Cc1nc(-c2ccc(C(F)(F)F)cc2)sc1CSc1ccc2c(c1)c(C)cn2CC(=O)O. The molecule has 2 aromatic heterocycles. The lowest BCUT2D eigenvalue weighted by molar-refractivity contribution is -0.138. The molecule has 0 bridgehead atoms. The van der Waals surface area contributed by atoms with Gasteiger partial charge in [0.1, 0.15) is 11.6 Å². The fourth-order valence-corrected chi connectivity index (χ4v) is 5.60. The fraction of sp³-hybridized carbons (Fsp3) is 0.217. The summed E-state index contributed by atoms with van der Waals surface area (Å²) >= 11 is 3.13. The van der Waals surface area contributed by atoms with E-state index in [1.807, 2.05) is 32.2 Å². The largest absolute Gasteiger partial charge is 0.480 e. The van der Waals surface area contributed by atoms with Gasteiger partial charge in [-0.2, -0.15) is 13.2 Å². The summed E-state index contributed by atoms with van der Waals surface area (Å²) in [4.78, 5) is 17.7. The summed E-state index contributed by atoms with van der Waals surface area (Å²) in [5.74, 6) is -0.199. The number of thiazole rings is 1. The Balaban J connectivity index is 1.51. The Morgan fingerprint density at radius 3 is 2.53 bits per heavy atom. The summed E-state index contributed by atoms with van der Waals surface area (Å²) < 4.78 is 40.1. The van der Waals surface area contributed by atoms with Gasteiger partial charge in [-0.1, -0.05) is 12.1 Å². The summed E-state index contributed by atoms with van der Waals surface area (Å²) in [5, 5.41) is 10.8. The second kappa shape index (κ2) is 8.63. The molecule has 0 spiro atoms. The maximum Gasteiger partial charge on any atom is 0.416 e. The van der Waals surface area contributed by atoms with Gasteiger partial charge in [0.2, 0.25) is 0 Å². The van der Waals surface area contributed by atoms with E-state index in [4.69, 9.17) is 5.11 Å².